The summed E-state index contributed by atoms with van der Waals surface area (Å²) < 4.78 is 4.84. The zero-order chi connectivity index (χ0) is 8.43. The monoisotopic (exact) mass is 284 g/mol. The van der Waals surface area contributed by atoms with Crippen LogP contribution >= 0.6 is 34.1 Å². The van der Waals surface area contributed by atoms with Gasteiger partial charge in [0.25, 0.3) is 0 Å². The number of halogens is 1. The molecule has 1 rings (SSSR count). The molecular formula is C5H5IN2O2S. The van der Waals surface area contributed by atoms with Crippen LogP contribution in [0.5, 0.6) is 0 Å². The van der Waals surface area contributed by atoms with Gasteiger partial charge in [-0.25, -0.2) is 4.79 Å². The van der Waals surface area contributed by atoms with E-state index in [4.69, 9.17) is 5.11 Å². The summed E-state index contributed by atoms with van der Waals surface area (Å²) in [6, 6.07) is 0. The van der Waals surface area contributed by atoms with Gasteiger partial charge in [0.15, 0.2) is 0 Å². The van der Waals surface area contributed by atoms with E-state index in [2.05, 4.69) is 9.69 Å². The summed E-state index contributed by atoms with van der Waals surface area (Å²) >= 11 is 3.33. The van der Waals surface area contributed by atoms with Gasteiger partial charge in [-0.1, -0.05) is 0 Å². The van der Waals surface area contributed by atoms with Crippen molar-refractivity contribution in [1.29, 1.82) is 0 Å². The predicted octanol–water partition coefficient (Wildman–Crippen LogP) is 2.15. The van der Waals surface area contributed by atoms with Crippen LogP contribution in [0, 0.1) is 9.81 Å². The highest BCUT2D eigenvalue weighted by Gasteiger charge is 2.09. The minimum atomic E-state index is -1.05. The Morgan fingerprint density at radius 3 is 2.82 bits per heavy atom. The number of aryl methyl sites for hydroxylation is 1. The molecule has 60 valence electrons. The van der Waals surface area contributed by atoms with Gasteiger partial charge in [-0.2, -0.15) is 4.37 Å². The summed E-state index contributed by atoms with van der Waals surface area (Å²) in [7, 11) is 0. The molecule has 0 atom stereocenters. The van der Waals surface area contributed by atoms with Gasteiger partial charge in [-0.3, -0.25) is 5.32 Å². The van der Waals surface area contributed by atoms with Crippen molar-refractivity contribution in [3.63, 3.8) is 0 Å². The first-order valence-corrected chi connectivity index (χ1v) is 4.58. The number of hydrogen-bond donors (Lipinski definition) is 2. The van der Waals surface area contributed by atoms with Crippen molar-refractivity contribution in [2.75, 3.05) is 5.32 Å². The molecule has 0 aliphatic carbocycles. The highest BCUT2D eigenvalue weighted by Crippen LogP contribution is 2.25. The fraction of sp³-hybridized carbons (Fsp3) is 0.200. The predicted molar refractivity (Wildman–Crippen MR) is 51.2 cm³/mol. The van der Waals surface area contributed by atoms with Gasteiger partial charge in [-0.05, 0) is 41.0 Å². The molecule has 11 heavy (non-hydrogen) atoms. The Balaban J connectivity index is 2.92. The molecule has 0 saturated heterocycles. The molecule has 0 spiro atoms. The average Bonchev–Trinajstić information content (AvgIpc) is 2.18. The Morgan fingerprint density at radius 2 is 2.45 bits per heavy atom. The van der Waals surface area contributed by atoms with Crippen molar-refractivity contribution in [3.8, 4) is 0 Å². The molecule has 0 aromatic carbocycles. The number of nitrogens with one attached hydrogen (secondary N) is 1. The topological polar surface area (TPSA) is 62.2 Å². The molecule has 1 aromatic heterocycles. The van der Waals surface area contributed by atoms with Gasteiger partial charge in [0.1, 0.15) is 2.88 Å². The summed E-state index contributed by atoms with van der Waals surface area (Å²) in [5.74, 6) is 0. The molecule has 1 aromatic rings. The van der Waals surface area contributed by atoms with Crippen LogP contribution in [0.4, 0.5) is 10.5 Å². The summed E-state index contributed by atoms with van der Waals surface area (Å²) in [6.07, 6.45) is -1.05. The highest BCUT2D eigenvalue weighted by atomic mass is 127. The van der Waals surface area contributed by atoms with Crippen molar-refractivity contribution >= 4 is 45.9 Å². The number of carboxylic acid groups (broad SMARTS) is 1. The molecule has 0 unspecified atom stereocenters. The van der Waals surface area contributed by atoms with E-state index in [1.54, 1.807) is 6.92 Å². The second-order valence-electron chi connectivity index (χ2n) is 1.85. The van der Waals surface area contributed by atoms with Crippen LogP contribution in [0.1, 0.15) is 5.69 Å². The van der Waals surface area contributed by atoms with E-state index in [-0.39, 0.29) is 0 Å². The Morgan fingerprint density at radius 1 is 1.82 bits per heavy atom. The van der Waals surface area contributed by atoms with E-state index in [1.165, 1.54) is 11.5 Å². The molecule has 0 bridgehead atoms. The Bertz CT molecular complexity index is 267. The lowest BCUT2D eigenvalue weighted by Crippen LogP contribution is -2.08. The van der Waals surface area contributed by atoms with Gasteiger partial charge in [-0.15, -0.1) is 0 Å². The molecule has 0 aliphatic heterocycles. The summed E-state index contributed by atoms with van der Waals surface area (Å²) in [6.45, 7) is 1.77. The van der Waals surface area contributed by atoms with Crippen LogP contribution in [0.2, 0.25) is 0 Å². The molecule has 0 saturated carbocycles. The maximum atomic E-state index is 10.2. The Kier molecular flexibility index (Phi) is 2.66. The second kappa shape index (κ2) is 3.35. The number of rotatable bonds is 1. The zero-order valence-electron chi connectivity index (χ0n) is 5.59. The van der Waals surface area contributed by atoms with E-state index in [0.717, 1.165) is 8.58 Å². The van der Waals surface area contributed by atoms with Crippen molar-refractivity contribution in [2.24, 2.45) is 0 Å². The fourth-order valence-corrected chi connectivity index (χ4v) is 2.01. The molecule has 0 fully saturated rings. The van der Waals surface area contributed by atoms with Gasteiger partial charge in [0.2, 0.25) is 0 Å². The molecule has 1 amide bonds. The molecular weight excluding hydrogens is 279 g/mol. The van der Waals surface area contributed by atoms with Gasteiger partial charge in [0.05, 0.1) is 11.4 Å². The fourth-order valence-electron chi connectivity index (χ4n) is 0.589. The zero-order valence-corrected chi connectivity index (χ0v) is 8.56. The van der Waals surface area contributed by atoms with Crippen molar-refractivity contribution < 1.29 is 9.90 Å². The van der Waals surface area contributed by atoms with Crippen molar-refractivity contribution in [2.45, 2.75) is 6.92 Å². The first-order chi connectivity index (χ1) is 5.11. The molecule has 6 heteroatoms. The third-order valence-electron chi connectivity index (χ3n) is 1.05. The Labute approximate surface area is 80.9 Å². The first-order valence-electron chi connectivity index (χ1n) is 2.73. The number of nitrogens with zero attached hydrogens (tertiary/aromatic N) is 1. The Hall–Kier alpha value is -0.370. The summed E-state index contributed by atoms with van der Waals surface area (Å²) in [5, 5.41) is 10.7. The summed E-state index contributed by atoms with van der Waals surface area (Å²) in [4.78, 5) is 10.2. The van der Waals surface area contributed by atoms with E-state index in [1.807, 2.05) is 22.6 Å². The smallest absolute Gasteiger partial charge is 0.409 e. The van der Waals surface area contributed by atoms with E-state index in [0.29, 0.717) is 5.69 Å². The number of carbonyl (C=O) groups is 1. The lowest BCUT2D eigenvalue weighted by Gasteiger charge is -1.96. The van der Waals surface area contributed by atoms with Gasteiger partial charge >= 0.3 is 6.09 Å². The van der Waals surface area contributed by atoms with Gasteiger partial charge < -0.3 is 5.11 Å². The van der Waals surface area contributed by atoms with Crippen LogP contribution in [0.25, 0.3) is 0 Å². The summed E-state index contributed by atoms with van der Waals surface area (Å²) in [5.41, 5.74) is 1.32. The maximum Gasteiger partial charge on any atom is 0.409 e. The first kappa shape index (κ1) is 8.72. The largest absolute Gasteiger partial charge is 0.465 e. The van der Waals surface area contributed by atoms with Crippen LogP contribution < -0.4 is 5.32 Å². The minimum Gasteiger partial charge on any atom is -0.465 e. The van der Waals surface area contributed by atoms with Crippen LogP contribution in [0.15, 0.2) is 0 Å². The standard InChI is InChI=1S/C5H5IN2O2S/c1-2-3(7-5(9)10)4(6)11-8-2/h7H,1H3,(H,9,10). The van der Waals surface area contributed by atoms with E-state index >= 15 is 0 Å². The third-order valence-corrected chi connectivity index (χ3v) is 2.91. The molecule has 0 radical (unpaired) electrons. The average molecular weight is 284 g/mol. The molecule has 4 nitrogen and oxygen atoms in total. The number of amides is 1. The lowest BCUT2D eigenvalue weighted by atomic mass is 10.4. The third kappa shape index (κ3) is 2.03. The quantitative estimate of drug-likeness (QED) is 0.777. The molecule has 0 aliphatic rings. The maximum absolute atomic E-state index is 10.2. The van der Waals surface area contributed by atoms with E-state index < -0.39 is 6.09 Å². The van der Waals surface area contributed by atoms with Crippen molar-refractivity contribution in [3.05, 3.63) is 8.58 Å². The SMILES string of the molecule is Cc1nsc(I)c1NC(=O)O. The molecule has 2 N–H and O–H groups in total. The lowest BCUT2D eigenvalue weighted by molar-refractivity contribution is 0.209. The number of aromatic nitrogens is 1. The van der Waals surface area contributed by atoms with Crippen LogP contribution in [-0.4, -0.2) is 15.6 Å². The van der Waals surface area contributed by atoms with Crippen LogP contribution in [0.3, 0.4) is 0 Å². The van der Waals surface area contributed by atoms with Crippen LogP contribution in [-0.2, 0) is 0 Å². The second-order valence-corrected chi connectivity index (χ2v) is 4.43. The van der Waals surface area contributed by atoms with Gasteiger partial charge in [0, 0.05) is 0 Å². The number of hydrogen-bond acceptors (Lipinski definition) is 3. The van der Waals surface area contributed by atoms with Crippen molar-refractivity contribution in [1.82, 2.24) is 4.37 Å². The van der Waals surface area contributed by atoms with E-state index in [9.17, 15) is 4.79 Å². The minimum absolute atomic E-state index is 0.600. The highest BCUT2D eigenvalue weighted by molar-refractivity contribution is 14.1. The normalized spacial score (nSPS) is 9.64. The molecule has 1 heterocycles. The number of anilines is 1.